The molecule has 12 N–H and O–H groups in total. The number of aliphatic hydroxyl groups is 2. The van der Waals surface area contributed by atoms with Crippen LogP contribution in [0.25, 0.3) is 43.4 Å². The third kappa shape index (κ3) is 14.0. The van der Waals surface area contributed by atoms with Crippen LogP contribution in [-0.2, 0) is 16.0 Å². The molecule has 2 aromatic carbocycles. The zero-order valence-electron chi connectivity index (χ0n) is 47.1. The van der Waals surface area contributed by atoms with Gasteiger partial charge in [0.1, 0.15) is 76.7 Å². The van der Waals surface area contributed by atoms with Gasteiger partial charge < -0.3 is 53.4 Å². The highest BCUT2D eigenvalue weighted by Gasteiger charge is 2.37. The smallest absolute Gasteiger partial charge is 0.271 e. The summed E-state index contributed by atoms with van der Waals surface area (Å²) in [6.45, 7) is 5.14. The number of likely N-dealkylation sites (tertiary alicyclic amines) is 1. The van der Waals surface area contributed by atoms with Crippen LogP contribution in [-0.4, -0.2) is 128 Å². The summed E-state index contributed by atoms with van der Waals surface area (Å²) in [6.07, 6.45) is -1.54. The molecule has 9 heterocycles. The number of ketones is 1. The molecule has 11 rings (SSSR count). The third-order valence-electron chi connectivity index (χ3n) is 15.2. The largest absolute Gasteiger partial charge is 0.508 e. The summed E-state index contributed by atoms with van der Waals surface area (Å²) in [7, 11) is 0. The highest BCUT2D eigenvalue weighted by Crippen LogP contribution is 2.41. The maximum atomic E-state index is 15.1. The molecule has 0 aliphatic carbocycles. The molecule has 5 amide bonds. The predicted octanol–water partition coefficient (Wildman–Crippen LogP) is 6.97. The van der Waals surface area contributed by atoms with Gasteiger partial charge in [0.2, 0.25) is 11.8 Å². The molecule has 1 fully saturated rings. The predicted molar refractivity (Wildman–Crippen MR) is 336 cm³/mol. The summed E-state index contributed by atoms with van der Waals surface area (Å²) in [5.74, 6) is -5.69. The first-order chi connectivity index (χ1) is 42.3. The number of nitrogens with one attached hydrogen (secondary N) is 3. The van der Waals surface area contributed by atoms with Crippen LogP contribution in [0.1, 0.15) is 130 Å². The van der Waals surface area contributed by atoms with Gasteiger partial charge in [0, 0.05) is 74.6 Å². The van der Waals surface area contributed by atoms with E-state index in [1.54, 1.807) is 77.7 Å². The molecule has 0 unspecified atom stereocenters. The third-order valence-corrected chi connectivity index (χ3v) is 20.8. The van der Waals surface area contributed by atoms with E-state index in [0.717, 1.165) is 46.9 Å². The van der Waals surface area contributed by atoms with E-state index in [2.05, 4.69) is 30.8 Å². The van der Waals surface area contributed by atoms with Gasteiger partial charge in [0.15, 0.2) is 5.78 Å². The second-order valence-electron chi connectivity index (χ2n) is 21.4. The summed E-state index contributed by atoms with van der Waals surface area (Å²) in [5.41, 5.74) is 20.7. The second kappa shape index (κ2) is 26.8. The Bertz CT molecular complexity index is 4040. The van der Waals surface area contributed by atoms with Gasteiger partial charge in [-0.2, -0.15) is 0 Å². The minimum Gasteiger partial charge on any atom is -0.508 e. The van der Waals surface area contributed by atoms with Crippen molar-refractivity contribution in [3.63, 3.8) is 0 Å². The normalized spacial score (nSPS) is 19.2. The minimum atomic E-state index is -1.31. The Kier molecular flexibility index (Phi) is 18.8. The molecule has 0 radical (unpaired) electrons. The van der Waals surface area contributed by atoms with Crippen LogP contribution >= 0.6 is 68.0 Å². The highest BCUT2D eigenvalue weighted by atomic mass is 32.1. The molecular weight excluding hydrogens is 1240 g/mol. The molecule has 23 nitrogen and oxygen atoms in total. The zero-order valence-corrected chi connectivity index (χ0v) is 52.0. The number of hydrogen-bond donors (Lipinski definition) is 9. The number of aromatic hydroxyl groups is 1. The van der Waals surface area contributed by atoms with Crippen LogP contribution in [0.5, 0.6) is 5.75 Å². The number of piperidine rings is 1. The number of rotatable bonds is 12. The first-order valence-corrected chi connectivity index (χ1v) is 33.0. The number of β-amino-alcohol motifs (C(OH)–C–C–N with tert-alkyl or cyclic N) is 1. The average molecular weight is 1300 g/mol. The van der Waals surface area contributed by atoms with Crippen LogP contribution in [0, 0.1) is 12.8 Å². The van der Waals surface area contributed by atoms with Gasteiger partial charge in [0.05, 0.1) is 41.4 Å². The van der Waals surface area contributed by atoms with Gasteiger partial charge in [-0.05, 0) is 68.2 Å². The molecule has 7 aromatic heterocycles. The van der Waals surface area contributed by atoms with Crippen LogP contribution in [0.15, 0.2) is 93.6 Å². The highest BCUT2D eigenvalue weighted by molar-refractivity contribution is 7.15. The zero-order chi connectivity index (χ0) is 61.9. The summed E-state index contributed by atoms with van der Waals surface area (Å²) < 4.78 is 0. The van der Waals surface area contributed by atoms with Gasteiger partial charge in [-0.15, -0.1) is 68.0 Å². The van der Waals surface area contributed by atoms with E-state index in [0.29, 0.717) is 77.5 Å². The second-order valence-corrected chi connectivity index (χ2v) is 27.0. The molecule has 1 saturated heterocycles. The van der Waals surface area contributed by atoms with E-state index < -0.39 is 77.5 Å². The number of phenolic OH excluding ortho intramolecular Hbond substituents is 1. The number of phenols is 1. The van der Waals surface area contributed by atoms with Crippen molar-refractivity contribution in [2.24, 2.45) is 23.1 Å². The molecule has 0 saturated carbocycles. The lowest BCUT2D eigenvalue weighted by Gasteiger charge is -2.35. The number of thiazole rings is 6. The Labute approximate surface area is 527 Å². The Morgan fingerprint density at radius 2 is 1.31 bits per heavy atom. The van der Waals surface area contributed by atoms with Gasteiger partial charge in [0.25, 0.3) is 17.7 Å². The summed E-state index contributed by atoms with van der Waals surface area (Å²) in [4.78, 5) is 120. The molecule has 2 aliphatic rings. The van der Waals surface area contributed by atoms with E-state index in [9.17, 15) is 39.3 Å². The van der Waals surface area contributed by atoms with Crippen molar-refractivity contribution in [2.75, 3.05) is 19.6 Å². The molecule has 2 aliphatic heterocycles. The number of hydrogen-bond acceptors (Lipinski definition) is 24. The number of nitrogens with zero attached hydrogens (tertiary/aromatic N) is 8. The fourth-order valence-electron chi connectivity index (χ4n) is 10.3. The van der Waals surface area contributed by atoms with Crippen LogP contribution in [0.4, 0.5) is 0 Å². The minimum absolute atomic E-state index is 0.00467. The lowest BCUT2D eigenvalue weighted by Crippen LogP contribution is -2.51. The van der Waals surface area contributed by atoms with Gasteiger partial charge in [-0.1, -0.05) is 49.4 Å². The molecule has 10 bridgehead atoms. The number of benzene rings is 2. The monoisotopic (exact) mass is 1300 g/mol. The van der Waals surface area contributed by atoms with E-state index in [1.165, 1.54) is 56.9 Å². The number of amides is 5. The van der Waals surface area contributed by atoms with Crippen LogP contribution in [0.3, 0.4) is 0 Å². The van der Waals surface area contributed by atoms with Crippen molar-refractivity contribution in [1.82, 2.24) is 55.7 Å². The summed E-state index contributed by atoms with van der Waals surface area (Å²) >= 11 is 6.96. The number of fused-ring (bicyclic) bond motifs is 14. The maximum absolute atomic E-state index is 15.1. The first kappa shape index (κ1) is 61.7. The van der Waals surface area contributed by atoms with Gasteiger partial charge >= 0.3 is 0 Å². The maximum Gasteiger partial charge on any atom is 0.271 e. The number of nitrogens with two attached hydrogens (primary N) is 3. The Balaban J connectivity index is 1.02. The van der Waals surface area contributed by atoms with Crippen molar-refractivity contribution in [3.05, 3.63) is 147 Å². The van der Waals surface area contributed by atoms with E-state index in [1.807, 2.05) is 6.92 Å². The van der Waals surface area contributed by atoms with E-state index in [-0.39, 0.29) is 70.4 Å². The lowest BCUT2D eigenvalue weighted by molar-refractivity contribution is -0.124. The number of Topliss-reactive ketones (excluding diaryl/α,β-unsaturated/α-hetero) is 1. The van der Waals surface area contributed by atoms with Crippen molar-refractivity contribution in [1.29, 1.82) is 0 Å². The van der Waals surface area contributed by atoms with Crippen LogP contribution in [0.2, 0.25) is 0 Å². The molecule has 9 aromatic rings. The van der Waals surface area contributed by atoms with E-state index >= 15 is 4.79 Å². The Morgan fingerprint density at radius 3 is 2.03 bits per heavy atom. The van der Waals surface area contributed by atoms with Crippen molar-refractivity contribution in [3.8, 4) is 49.1 Å². The molecule has 7 atom stereocenters. The lowest BCUT2D eigenvalue weighted by atomic mass is 9.90. The van der Waals surface area contributed by atoms with Gasteiger partial charge in [-0.25, -0.2) is 34.9 Å². The standard InChI is InChI=1S/C59H58N14O9S6/c1-27(44(76)21-73-16-14-31(60)15-17-73)46-59-70-42(26-87-59)57-66-38(22-85-57)48-33(12-13-35(63-48)56-67-39(23-86-56)50(62)79)54-68-41(24-83-54)53(82)65-37(20-45(61)77)58-72-47(28(2)88-58)43(75)19-34(49(78)30-6-4-3-5-7-30)55-69-40(25-84-55)52(81)64-36(51(80)71-46)18-29-8-10-32(74)11-9-29/h3-13,22-27,31,34,36-37,44,46,49,74,76,78H,14-21,60H2,1-2H3,(H2,61,77)(H2,62,79)(H,64,81)(H,65,82)(H,71,80)/t27-,34-,36-,37-,44-,46-,49+/m0/s1. The SMILES string of the molecule is Cc1sc2nc1C(=O)C[C@@H]([C@H](O)c1ccccc1)c1nc(cs1)C(=O)N[C@@H](Cc1ccc(O)cc1)C(=O)N[C@@H]([C@@H](C)[C@@H](O)CN1CCC(N)CC1)c1nc(cs1)-c1nc(cs1)-c1nc(-c3nc(C(N)=O)cs3)ccc1-c1nc(cs1)C(=O)N[C@H]2CC(N)=O. The quantitative estimate of drug-likeness (QED) is 0.0596. The van der Waals surface area contributed by atoms with Crippen LogP contribution < -0.4 is 33.2 Å². The first-order valence-electron chi connectivity index (χ1n) is 27.8. The summed E-state index contributed by atoms with van der Waals surface area (Å²) in [5, 5.41) is 53.5. The number of carbonyl (C=O) groups excluding carboxylic acids is 6. The van der Waals surface area contributed by atoms with Crippen molar-refractivity contribution >= 4 is 103 Å². The number of aliphatic hydroxyl groups excluding tert-OH is 2. The number of pyridine rings is 1. The average Bonchev–Trinajstić information content (AvgIpc) is 3.69. The number of carbonyl (C=O) groups is 6. The Hall–Kier alpha value is -7.97. The van der Waals surface area contributed by atoms with Crippen molar-refractivity contribution in [2.45, 2.75) is 88.2 Å². The molecular formula is C59H58N14O9S6. The van der Waals surface area contributed by atoms with Crippen molar-refractivity contribution < 1.29 is 44.1 Å². The molecule has 88 heavy (non-hydrogen) atoms. The summed E-state index contributed by atoms with van der Waals surface area (Å²) in [6, 6.07) is 15.1. The molecule has 0 spiro atoms. The fourth-order valence-corrected chi connectivity index (χ4v) is 15.6. The number of primary amides is 2. The van der Waals surface area contributed by atoms with Gasteiger partial charge in [-0.3, -0.25) is 28.8 Å². The number of aromatic nitrogens is 7. The topological polar surface area (TPSA) is 371 Å². The molecule has 29 heteroatoms. The Morgan fingerprint density at radius 1 is 0.670 bits per heavy atom. The molecule has 454 valence electrons. The fraction of sp³-hybridized carbons (Fsp3) is 0.305. The van der Waals surface area contributed by atoms with E-state index in [4.69, 9.17) is 42.1 Å². The number of aryl methyl sites for hydroxylation is 1.